The minimum absolute atomic E-state index is 0. The van der Waals surface area contributed by atoms with Crippen molar-refractivity contribution in [3.05, 3.63) is 35.7 Å². The fourth-order valence-corrected chi connectivity index (χ4v) is 2.84. The first-order chi connectivity index (χ1) is 12.1. The van der Waals surface area contributed by atoms with Crippen molar-refractivity contribution in [3.8, 4) is 11.5 Å². The highest BCUT2D eigenvalue weighted by Gasteiger charge is 2.22. The molecule has 3 heterocycles. The number of nitrogens with two attached hydrogens (primary N) is 1. The van der Waals surface area contributed by atoms with E-state index in [0.29, 0.717) is 37.8 Å². The van der Waals surface area contributed by atoms with E-state index in [-0.39, 0.29) is 20.3 Å². The van der Waals surface area contributed by atoms with Gasteiger partial charge in [0, 0.05) is 15.9 Å². The van der Waals surface area contributed by atoms with E-state index in [1.807, 2.05) is 25.1 Å². The summed E-state index contributed by atoms with van der Waals surface area (Å²) in [5.74, 6) is 0.556. The van der Waals surface area contributed by atoms with E-state index < -0.39 is 0 Å². The van der Waals surface area contributed by atoms with Gasteiger partial charge in [-0.05, 0) is 24.6 Å². The Labute approximate surface area is 147 Å². The van der Waals surface area contributed by atoms with Crippen molar-refractivity contribution in [3.63, 3.8) is 0 Å². The van der Waals surface area contributed by atoms with Crippen LogP contribution in [0, 0.1) is 6.92 Å². The van der Waals surface area contributed by atoms with E-state index in [2.05, 4.69) is 19.9 Å². The Bertz CT molecular complexity index is 956. The second-order valence-corrected chi connectivity index (χ2v) is 6.00. The van der Waals surface area contributed by atoms with E-state index >= 15 is 0 Å². The number of hydrogen-bond acceptors (Lipinski definition) is 6. The maximum absolute atomic E-state index is 12.6. The van der Waals surface area contributed by atoms with Crippen LogP contribution in [0.25, 0.3) is 22.6 Å². The summed E-state index contributed by atoms with van der Waals surface area (Å²) >= 11 is 0. The van der Waals surface area contributed by atoms with Crippen molar-refractivity contribution in [1.29, 1.82) is 0 Å². The molecule has 1 aromatic carbocycles. The maximum Gasteiger partial charge on any atom is 0.274 e. The number of nitrogens with one attached hydrogen (secondary N) is 1. The average Bonchev–Trinajstić information content (AvgIpc) is 3.05. The minimum Gasteiger partial charge on any atom is -0.382 e. The van der Waals surface area contributed by atoms with Crippen LogP contribution in [0.3, 0.4) is 0 Å². The summed E-state index contributed by atoms with van der Waals surface area (Å²) in [5.41, 5.74) is 9.43. The van der Waals surface area contributed by atoms with E-state index in [1.165, 1.54) is 6.20 Å². The summed E-state index contributed by atoms with van der Waals surface area (Å²) in [5, 5.41) is 0. The van der Waals surface area contributed by atoms with Gasteiger partial charge in [-0.2, -0.15) is 0 Å². The third kappa shape index (κ3) is 2.91. The lowest BCUT2D eigenvalue weighted by atomic mass is 10.2. The van der Waals surface area contributed by atoms with Crippen molar-refractivity contribution >= 4 is 22.8 Å². The summed E-state index contributed by atoms with van der Waals surface area (Å²) < 4.78 is 5.28. The zero-order valence-electron chi connectivity index (χ0n) is 13.8. The Hall–Kier alpha value is -3.00. The standard InChI is InChI=1S/C17H18N6O2.2H2/c1-10-2-3-11-12(8-10)22-16(21-11)14-15(18)19-9-13(20-14)17(24)23-4-6-25-7-5-23;;/h2-3,8-9H,4-7H2,1H3,(H2,18,19)(H,21,22);2*1H. The number of ether oxygens (including phenoxy) is 1. The highest BCUT2D eigenvalue weighted by Crippen LogP contribution is 2.23. The van der Waals surface area contributed by atoms with Crippen molar-refractivity contribution in [2.45, 2.75) is 6.92 Å². The summed E-state index contributed by atoms with van der Waals surface area (Å²) in [7, 11) is 0. The number of fused-ring (bicyclic) bond motifs is 1. The monoisotopic (exact) mass is 342 g/mol. The number of morpholine rings is 1. The Balaban J connectivity index is 0.00000131. The Morgan fingerprint density at radius 1 is 1.32 bits per heavy atom. The molecule has 1 aliphatic rings. The number of aromatic amines is 1. The second-order valence-electron chi connectivity index (χ2n) is 6.00. The Morgan fingerprint density at radius 3 is 2.92 bits per heavy atom. The van der Waals surface area contributed by atoms with Crippen molar-refractivity contribution in [2.75, 3.05) is 32.0 Å². The smallest absolute Gasteiger partial charge is 0.274 e. The number of carbonyl (C=O) groups excluding carboxylic acids is 1. The van der Waals surface area contributed by atoms with Gasteiger partial charge in [-0.25, -0.2) is 15.0 Å². The van der Waals surface area contributed by atoms with Gasteiger partial charge in [-0.1, -0.05) is 6.07 Å². The molecular weight excluding hydrogens is 320 g/mol. The van der Waals surface area contributed by atoms with Gasteiger partial charge in [0.05, 0.1) is 30.4 Å². The van der Waals surface area contributed by atoms with Crippen LogP contribution in [0.15, 0.2) is 24.4 Å². The van der Waals surface area contributed by atoms with Crippen LogP contribution in [0.4, 0.5) is 5.82 Å². The number of anilines is 1. The van der Waals surface area contributed by atoms with Gasteiger partial charge in [-0.3, -0.25) is 4.79 Å². The molecule has 0 saturated carbocycles. The molecule has 8 heteroatoms. The number of aromatic nitrogens is 4. The van der Waals surface area contributed by atoms with Crippen LogP contribution in [0.1, 0.15) is 18.9 Å². The number of rotatable bonds is 2. The van der Waals surface area contributed by atoms with Gasteiger partial charge < -0.3 is 20.4 Å². The van der Waals surface area contributed by atoms with Crippen molar-refractivity contribution < 1.29 is 12.4 Å². The molecular formula is C17H22N6O2. The highest BCUT2D eigenvalue weighted by atomic mass is 16.5. The molecule has 1 saturated heterocycles. The van der Waals surface area contributed by atoms with E-state index in [1.54, 1.807) is 4.90 Å². The lowest BCUT2D eigenvalue weighted by Crippen LogP contribution is -2.41. The van der Waals surface area contributed by atoms with E-state index in [9.17, 15) is 4.79 Å². The Morgan fingerprint density at radius 2 is 2.12 bits per heavy atom. The minimum atomic E-state index is -0.177. The van der Waals surface area contributed by atoms with E-state index in [0.717, 1.165) is 16.6 Å². The SMILES string of the molecule is Cc1ccc2nc(-c3nc(C(=O)N4CCOCC4)cnc3N)[nH]c2c1.[HH].[HH]. The van der Waals surface area contributed by atoms with Crippen LogP contribution >= 0.6 is 0 Å². The maximum atomic E-state index is 12.6. The molecule has 0 radical (unpaired) electrons. The average molecular weight is 342 g/mol. The first kappa shape index (κ1) is 15.5. The fourth-order valence-electron chi connectivity index (χ4n) is 2.84. The Kier molecular flexibility index (Phi) is 3.81. The normalized spacial score (nSPS) is 14.8. The molecule has 2 aromatic heterocycles. The molecule has 3 N–H and O–H groups in total. The first-order valence-electron chi connectivity index (χ1n) is 8.08. The number of imidazole rings is 1. The van der Waals surface area contributed by atoms with Gasteiger partial charge in [0.1, 0.15) is 11.4 Å². The molecule has 132 valence electrons. The molecule has 25 heavy (non-hydrogen) atoms. The topological polar surface area (TPSA) is 110 Å². The quantitative estimate of drug-likeness (QED) is 0.736. The van der Waals surface area contributed by atoms with Gasteiger partial charge in [-0.15, -0.1) is 0 Å². The van der Waals surface area contributed by atoms with E-state index in [4.69, 9.17) is 10.5 Å². The van der Waals surface area contributed by atoms with Crippen molar-refractivity contribution in [1.82, 2.24) is 24.8 Å². The van der Waals surface area contributed by atoms with Crippen LogP contribution in [-0.2, 0) is 4.74 Å². The van der Waals surface area contributed by atoms with Crippen LogP contribution in [0.2, 0.25) is 0 Å². The predicted octanol–water partition coefficient (Wildman–Crippen LogP) is 1.87. The van der Waals surface area contributed by atoms with Crippen molar-refractivity contribution in [2.24, 2.45) is 0 Å². The zero-order valence-corrected chi connectivity index (χ0v) is 13.8. The largest absolute Gasteiger partial charge is 0.382 e. The predicted molar refractivity (Wildman–Crippen MR) is 97.2 cm³/mol. The zero-order chi connectivity index (χ0) is 17.4. The number of amides is 1. The number of benzene rings is 1. The molecule has 1 aliphatic heterocycles. The van der Waals surface area contributed by atoms with Crippen LogP contribution in [0.5, 0.6) is 0 Å². The lowest BCUT2D eigenvalue weighted by molar-refractivity contribution is 0.0299. The lowest BCUT2D eigenvalue weighted by Gasteiger charge is -2.26. The third-order valence-corrected chi connectivity index (χ3v) is 4.18. The molecule has 0 atom stereocenters. The molecule has 0 bridgehead atoms. The summed E-state index contributed by atoms with van der Waals surface area (Å²) in [4.78, 5) is 30.6. The summed E-state index contributed by atoms with van der Waals surface area (Å²) in [6, 6.07) is 5.91. The number of hydrogen-bond donors (Lipinski definition) is 2. The van der Waals surface area contributed by atoms with Crippen LogP contribution in [-0.4, -0.2) is 57.0 Å². The van der Waals surface area contributed by atoms with Gasteiger partial charge in [0.15, 0.2) is 11.6 Å². The van der Waals surface area contributed by atoms with Gasteiger partial charge in [0.25, 0.3) is 5.91 Å². The number of nitrogens with zero attached hydrogens (tertiary/aromatic N) is 4. The molecule has 8 nitrogen and oxygen atoms in total. The molecule has 0 spiro atoms. The molecule has 1 fully saturated rings. The molecule has 0 unspecified atom stereocenters. The molecule has 1 amide bonds. The number of aryl methyl sites for hydroxylation is 1. The number of carbonyl (C=O) groups is 1. The van der Waals surface area contributed by atoms with Gasteiger partial charge >= 0.3 is 0 Å². The third-order valence-electron chi connectivity index (χ3n) is 4.18. The van der Waals surface area contributed by atoms with Gasteiger partial charge in [0.2, 0.25) is 0 Å². The molecule has 4 rings (SSSR count). The summed E-state index contributed by atoms with van der Waals surface area (Å²) in [6.07, 6.45) is 1.41. The summed E-state index contributed by atoms with van der Waals surface area (Å²) in [6.45, 7) is 4.16. The second kappa shape index (κ2) is 6.14. The first-order valence-corrected chi connectivity index (χ1v) is 8.08. The molecule has 3 aromatic rings. The van der Waals surface area contributed by atoms with Crippen LogP contribution < -0.4 is 5.73 Å². The molecule has 0 aliphatic carbocycles. The fraction of sp³-hybridized carbons (Fsp3) is 0.294. The highest BCUT2D eigenvalue weighted by molar-refractivity contribution is 5.93. The number of H-pyrrole nitrogens is 1. The number of nitrogen functional groups attached to an aromatic ring is 1.